The average Bonchev–Trinajstić information content (AvgIpc) is 3.10. The third-order valence-corrected chi connectivity index (χ3v) is 4.33. The molecule has 2 aromatic carbocycles. The van der Waals surface area contributed by atoms with Gasteiger partial charge in [-0.15, -0.1) is 0 Å². The van der Waals surface area contributed by atoms with Gasteiger partial charge in [-0.2, -0.15) is 5.10 Å². The third kappa shape index (κ3) is 3.11. The number of hydrogen-bond acceptors (Lipinski definition) is 5. The summed E-state index contributed by atoms with van der Waals surface area (Å²) in [6.45, 7) is 2.14. The maximum absolute atomic E-state index is 12.4. The Morgan fingerprint density at radius 3 is 2.69 bits per heavy atom. The van der Waals surface area contributed by atoms with Crippen molar-refractivity contribution < 1.29 is 19.1 Å². The molecule has 2 aliphatic rings. The lowest BCUT2D eigenvalue weighted by molar-refractivity contribution is -0.121. The number of amides is 2. The van der Waals surface area contributed by atoms with Crippen LogP contribution in [0, 0.1) is 5.92 Å². The first kappa shape index (κ1) is 16.1. The molecule has 7 nitrogen and oxygen atoms in total. The minimum atomic E-state index is -0.230. The summed E-state index contributed by atoms with van der Waals surface area (Å²) in [6, 6.07) is 12.4. The van der Waals surface area contributed by atoms with Crippen molar-refractivity contribution in [3.8, 4) is 11.5 Å². The standard InChI is InChI=1S/C19H17N3O4/c1-11-8-17(23)21-22-18(11)12-2-5-14(6-3-12)20-19(24)13-4-7-15-16(9-13)26-10-25-15/h2-7,9,11H,8,10H2,1H3,(H,20,24)(H,21,23). The zero-order valence-corrected chi connectivity index (χ0v) is 14.1. The molecule has 0 aromatic heterocycles. The second kappa shape index (κ2) is 6.51. The molecule has 0 saturated carbocycles. The number of nitrogens with zero attached hydrogens (tertiary/aromatic N) is 1. The van der Waals surface area contributed by atoms with E-state index in [1.54, 1.807) is 18.2 Å². The predicted molar refractivity (Wildman–Crippen MR) is 95.4 cm³/mol. The van der Waals surface area contributed by atoms with E-state index in [2.05, 4.69) is 15.8 Å². The van der Waals surface area contributed by atoms with Crippen LogP contribution in [0.4, 0.5) is 5.69 Å². The van der Waals surface area contributed by atoms with Gasteiger partial charge in [0.25, 0.3) is 5.91 Å². The smallest absolute Gasteiger partial charge is 0.255 e. The second-order valence-electron chi connectivity index (χ2n) is 6.24. The van der Waals surface area contributed by atoms with Gasteiger partial charge in [-0.3, -0.25) is 9.59 Å². The lowest BCUT2D eigenvalue weighted by Gasteiger charge is -2.19. The molecule has 26 heavy (non-hydrogen) atoms. The molecule has 7 heteroatoms. The van der Waals surface area contributed by atoms with Gasteiger partial charge in [0.15, 0.2) is 11.5 Å². The van der Waals surface area contributed by atoms with Crippen LogP contribution in [0.3, 0.4) is 0 Å². The summed E-state index contributed by atoms with van der Waals surface area (Å²) in [7, 11) is 0. The van der Waals surface area contributed by atoms with Crippen molar-refractivity contribution in [3.05, 3.63) is 53.6 Å². The highest BCUT2D eigenvalue weighted by Crippen LogP contribution is 2.32. The quantitative estimate of drug-likeness (QED) is 0.889. The van der Waals surface area contributed by atoms with Gasteiger partial charge in [-0.1, -0.05) is 19.1 Å². The molecule has 2 aliphatic heterocycles. The van der Waals surface area contributed by atoms with Gasteiger partial charge in [0.1, 0.15) is 0 Å². The third-order valence-electron chi connectivity index (χ3n) is 4.33. The molecular formula is C19H17N3O4. The van der Waals surface area contributed by atoms with E-state index in [1.807, 2.05) is 31.2 Å². The van der Waals surface area contributed by atoms with Crippen molar-refractivity contribution in [1.82, 2.24) is 5.43 Å². The Bertz CT molecular complexity index is 906. The van der Waals surface area contributed by atoms with Crippen molar-refractivity contribution >= 4 is 23.2 Å². The van der Waals surface area contributed by atoms with Crippen LogP contribution in [0.15, 0.2) is 47.6 Å². The van der Waals surface area contributed by atoms with Gasteiger partial charge in [0, 0.05) is 23.6 Å². The summed E-state index contributed by atoms with van der Waals surface area (Å²) in [4.78, 5) is 23.8. The largest absolute Gasteiger partial charge is 0.454 e. The number of benzene rings is 2. The molecule has 0 fully saturated rings. The maximum atomic E-state index is 12.4. The number of fused-ring (bicyclic) bond motifs is 1. The van der Waals surface area contributed by atoms with E-state index < -0.39 is 0 Å². The monoisotopic (exact) mass is 351 g/mol. The number of hydrazone groups is 1. The molecule has 1 atom stereocenters. The highest BCUT2D eigenvalue weighted by molar-refractivity contribution is 6.07. The second-order valence-corrected chi connectivity index (χ2v) is 6.24. The lowest BCUT2D eigenvalue weighted by atomic mass is 9.94. The first-order chi connectivity index (χ1) is 12.6. The fourth-order valence-corrected chi connectivity index (χ4v) is 2.97. The average molecular weight is 351 g/mol. The van der Waals surface area contributed by atoms with Crippen LogP contribution in [0.2, 0.25) is 0 Å². The Labute approximate surface area is 150 Å². The van der Waals surface area contributed by atoms with Crippen molar-refractivity contribution in [2.24, 2.45) is 11.0 Å². The summed E-state index contributed by atoms with van der Waals surface area (Å²) in [5, 5.41) is 6.99. The van der Waals surface area contributed by atoms with Crippen molar-refractivity contribution in [1.29, 1.82) is 0 Å². The first-order valence-corrected chi connectivity index (χ1v) is 8.28. The molecule has 4 rings (SSSR count). The number of carbonyl (C=O) groups excluding carboxylic acids is 2. The van der Waals surface area contributed by atoms with Crippen LogP contribution in [0.1, 0.15) is 29.3 Å². The van der Waals surface area contributed by atoms with Crippen LogP contribution >= 0.6 is 0 Å². The molecule has 2 heterocycles. The SMILES string of the molecule is CC1CC(=O)NN=C1c1ccc(NC(=O)c2ccc3c(c2)OCO3)cc1. The highest BCUT2D eigenvalue weighted by Gasteiger charge is 2.21. The molecular weight excluding hydrogens is 334 g/mol. The van der Waals surface area contributed by atoms with Gasteiger partial charge >= 0.3 is 0 Å². The van der Waals surface area contributed by atoms with E-state index in [9.17, 15) is 9.59 Å². The summed E-state index contributed by atoms with van der Waals surface area (Å²) in [5.41, 5.74) is 5.42. The van der Waals surface area contributed by atoms with E-state index in [-0.39, 0.29) is 24.5 Å². The van der Waals surface area contributed by atoms with Crippen LogP contribution in [-0.4, -0.2) is 24.3 Å². The summed E-state index contributed by atoms with van der Waals surface area (Å²) in [5.74, 6) is 0.957. The molecule has 0 radical (unpaired) electrons. The fraction of sp³-hybridized carbons (Fsp3) is 0.211. The lowest BCUT2D eigenvalue weighted by Crippen LogP contribution is -2.31. The van der Waals surface area contributed by atoms with Gasteiger partial charge in [-0.25, -0.2) is 5.43 Å². The maximum Gasteiger partial charge on any atom is 0.255 e. The molecule has 2 aromatic rings. The van der Waals surface area contributed by atoms with Crippen LogP contribution < -0.4 is 20.2 Å². The van der Waals surface area contributed by atoms with Crippen LogP contribution in [0.5, 0.6) is 11.5 Å². The molecule has 0 bridgehead atoms. The normalized spacial score (nSPS) is 18.1. The summed E-state index contributed by atoms with van der Waals surface area (Å²) < 4.78 is 10.5. The minimum absolute atomic E-state index is 0.0535. The van der Waals surface area contributed by atoms with Crippen LogP contribution in [0.25, 0.3) is 0 Å². The number of ether oxygens (including phenoxy) is 2. The molecule has 2 N–H and O–H groups in total. The number of nitrogens with one attached hydrogen (secondary N) is 2. The Hall–Kier alpha value is -3.35. The van der Waals surface area contributed by atoms with E-state index >= 15 is 0 Å². The van der Waals surface area contributed by atoms with Gasteiger partial charge < -0.3 is 14.8 Å². The first-order valence-electron chi connectivity index (χ1n) is 8.28. The Morgan fingerprint density at radius 2 is 1.92 bits per heavy atom. The molecule has 0 saturated heterocycles. The molecule has 1 unspecified atom stereocenters. The summed E-state index contributed by atoms with van der Waals surface area (Å²) in [6.07, 6.45) is 0.418. The van der Waals surface area contributed by atoms with E-state index in [0.717, 1.165) is 11.3 Å². The Balaban J connectivity index is 1.47. The number of hydrogen-bond donors (Lipinski definition) is 2. The van der Waals surface area contributed by atoms with E-state index in [0.29, 0.717) is 29.2 Å². The summed E-state index contributed by atoms with van der Waals surface area (Å²) >= 11 is 0. The molecule has 2 amide bonds. The highest BCUT2D eigenvalue weighted by atomic mass is 16.7. The number of rotatable bonds is 3. The van der Waals surface area contributed by atoms with Crippen molar-refractivity contribution in [2.75, 3.05) is 12.1 Å². The van der Waals surface area contributed by atoms with E-state index in [4.69, 9.17) is 9.47 Å². The zero-order chi connectivity index (χ0) is 18.1. The van der Waals surface area contributed by atoms with Crippen molar-refractivity contribution in [3.63, 3.8) is 0 Å². The topological polar surface area (TPSA) is 89.0 Å². The fourth-order valence-electron chi connectivity index (χ4n) is 2.97. The van der Waals surface area contributed by atoms with Gasteiger partial charge in [-0.05, 0) is 35.9 Å². The predicted octanol–water partition coefficient (Wildman–Crippen LogP) is 2.53. The van der Waals surface area contributed by atoms with Crippen molar-refractivity contribution in [2.45, 2.75) is 13.3 Å². The Kier molecular flexibility index (Phi) is 4.04. The molecule has 132 valence electrons. The minimum Gasteiger partial charge on any atom is -0.454 e. The molecule has 0 spiro atoms. The van der Waals surface area contributed by atoms with Gasteiger partial charge in [0.05, 0.1) is 5.71 Å². The van der Waals surface area contributed by atoms with Gasteiger partial charge in [0.2, 0.25) is 12.7 Å². The number of anilines is 1. The zero-order valence-electron chi connectivity index (χ0n) is 14.1. The Morgan fingerprint density at radius 1 is 1.15 bits per heavy atom. The molecule has 0 aliphatic carbocycles. The van der Waals surface area contributed by atoms with Crippen LogP contribution in [-0.2, 0) is 4.79 Å². The van der Waals surface area contributed by atoms with E-state index in [1.165, 1.54) is 0 Å². The number of carbonyl (C=O) groups is 2.